The first kappa shape index (κ1) is 21.7. The predicted octanol–water partition coefficient (Wildman–Crippen LogP) is 3.84. The van der Waals surface area contributed by atoms with E-state index >= 15 is 0 Å². The van der Waals surface area contributed by atoms with E-state index in [9.17, 15) is 17.4 Å². The Morgan fingerprint density at radius 3 is 2.74 bits per heavy atom. The zero-order valence-corrected chi connectivity index (χ0v) is 16.6. The van der Waals surface area contributed by atoms with Crippen LogP contribution in [0, 0.1) is 0 Å². The highest BCUT2D eigenvalue weighted by atomic mass is 32.2. The normalized spacial score (nSPS) is 22.3. The Morgan fingerprint density at radius 1 is 1.30 bits per heavy atom. The van der Waals surface area contributed by atoms with Gasteiger partial charge in [-0.1, -0.05) is 25.5 Å². The molecule has 152 valence electrons. The van der Waals surface area contributed by atoms with Crippen molar-refractivity contribution in [3.05, 3.63) is 35.4 Å². The lowest BCUT2D eigenvalue weighted by atomic mass is 9.95. The third-order valence-electron chi connectivity index (χ3n) is 4.64. The van der Waals surface area contributed by atoms with Gasteiger partial charge < -0.3 is 10.6 Å². The van der Waals surface area contributed by atoms with Crippen molar-refractivity contribution in [1.82, 2.24) is 10.6 Å². The first-order valence-electron chi connectivity index (χ1n) is 9.41. The van der Waals surface area contributed by atoms with Crippen LogP contribution in [0.2, 0.25) is 0 Å². The van der Waals surface area contributed by atoms with Gasteiger partial charge in [-0.15, -0.1) is 0 Å². The highest BCUT2D eigenvalue weighted by Gasteiger charge is 2.30. The molecule has 1 aliphatic carbocycles. The summed E-state index contributed by atoms with van der Waals surface area (Å²) in [6, 6.07) is 5.42. The first-order chi connectivity index (χ1) is 12.8. The minimum Gasteiger partial charge on any atom is -0.357 e. The predicted molar refractivity (Wildman–Crippen MR) is 104 cm³/mol. The van der Waals surface area contributed by atoms with Crippen LogP contribution in [0.15, 0.2) is 29.3 Å². The third-order valence-corrected chi connectivity index (χ3v) is 6.38. The summed E-state index contributed by atoms with van der Waals surface area (Å²) >= 11 is 0. The fourth-order valence-electron chi connectivity index (χ4n) is 3.28. The van der Waals surface area contributed by atoms with Gasteiger partial charge in [-0.25, -0.2) is 4.99 Å². The van der Waals surface area contributed by atoms with E-state index in [1.807, 2.05) is 13.8 Å². The molecule has 3 atom stereocenters. The Hall–Kier alpha value is -1.57. The Labute approximate surface area is 161 Å². The van der Waals surface area contributed by atoms with Crippen molar-refractivity contribution in [1.29, 1.82) is 0 Å². The summed E-state index contributed by atoms with van der Waals surface area (Å²) in [5, 5.41) is 6.71. The van der Waals surface area contributed by atoms with Gasteiger partial charge in [-0.2, -0.15) is 13.2 Å². The summed E-state index contributed by atoms with van der Waals surface area (Å²) in [4.78, 5) is 4.44. The fraction of sp³-hybridized carbons (Fsp3) is 0.632. The molecule has 1 aromatic rings. The monoisotopic (exact) mass is 403 g/mol. The van der Waals surface area contributed by atoms with Crippen molar-refractivity contribution < 1.29 is 17.4 Å². The molecule has 4 nitrogen and oxygen atoms in total. The van der Waals surface area contributed by atoms with Crippen LogP contribution >= 0.6 is 0 Å². The standard InChI is InChI=1S/C19H28F3N3OS/c1-3-23-18(25-16-9-6-10-17(12-16)27(26)4-2)24-13-14-7-5-8-15(11-14)19(20,21)22/h5,7-8,11,16-17H,3-4,6,9-10,12-13H2,1-2H3,(H2,23,24,25). The highest BCUT2D eigenvalue weighted by Crippen LogP contribution is 2.29. The zero-order valence-electron chi connectivity index (χ0n) is 15.8. The van der Waals surface area contributed by atoms with Crippen LogP contribution in [-0.4, -0.2) is 33.8 Å². The number of alkyl halides is 3. The molecule has 27 heavy (non-hydrogen) atoms. The summed E-state index contributed by atoms with van der Waals surface area (Å²) in [6.07, 6.45) is -0.550. The van der Waals surface area contributed by atoms with Crippen molar-refractivity contribution >= 4 is 16.8 Å². The van der Waals surface area contributed by atoms with Crippen molar-refractivity contribution in [2.75, 3.05) is 12.3 Å². The largest absolute Gasteiger partial charge is 0.416 e. The van der Waals surface area contributed by atoms with Crippen LogP contribution in [0.1, 0.15) is 50.7 Å². The van der Waals surface area contributed by atoms with Gasteiger partial charge in [0.2, 0.25) is 0 Å². The second kappa shape index (κ2) is 10.1. The maximum Gasteiger partial charge on any atom is 0.416 e. The molecule has 0 spiro atoms. The molecule has 0 radical (unpaired) electrons. The van der Waals surface area contributed by atoms with Crippen molar-refractivity contribution in [3.8, 4) is 0 Å². The first-order valence-corrected chi connectivity index (χ1v) is 10.8. The van der Waals surface area contributed by atoms with E-state index in [2.05, 4.69) is 15.6 Å². The van der Waals surface area contributed by atoms with E-state index in [0.717, 1.165) is 37.8 Å². The van der Waals surface area contributed by atoms with Crippen LogP contribution in [-0.2, 0) is 23.5 Å². The van der Waals surface area contributed by atoms with E-state index in [1.165, 1.54) is 6.07 Å². The summed E-state index contributed by atoms with van der Waals surface area (Å²) in [5.41, 5.74) is -0.152. The minimum atomic E-state index is -4.35. The van der Waals surface area contributed by atoms with Crippen LogP contribution in [0.5, 0.6) is 0 Å². The smallest absolute Gasteiger partial charge is 0.357 e. The summed E-state index contributed by atoms with van der Waals surface area (Å²) in [5.74, 6) is 1.25. The number of hydrogen-bond acceptors (Lipinski definition) is 2. The van der Waals surface area contributed by atoms with Gasteiger partial charge in [0, 0.05) is 34.4 Å². The Balaban J connectivity index is 2.03. The molecular formula is C19H28F3N3OS. The van der Waals surface area contributed by atoms with Gasteiger partial charge in [-0.05, 0) is 43.9 Å². The average molecular weight is 404 g/mol. The summed E-state index contributed by atoms with van der Waals surface area (Å²) in [6.45, 7) is 4.70. The molecule has 1 saturated carbocycles. The zero-order chi connectivity index (χ0) is 19.9. The van der Waals surface area contributed by atoms with Crippen molar-refractivity contribution in [2.45, 2.75) is 63.5 Å². The van der Waals surface area contributed by atoms with Gasteiger partial charge in [0.1, 0.15) is 0 Å². The number of rotatable bonds is 6. The van der Waals surface area contributed by atoms with Crippen LogP contribution < -0.4 is 10.6 Å². The Morgan fingerprint density at radius 2 is 2.07 bits per heavy atom. The number of hydrogen-bond donors (Lipinski definition) is 2. The van der Waals surface area contributed by atoms with E-state index < -0.39 is 22.5 Å². The molecule has 0 heterocycles. The fourth-order valence-corrected chi connectivity index (χ4v) is 4.63. The topological polar surface area (TPSA) is 53.5 Å². The molecule has 2 rings (SSSR count). The molecule has 3 unspecified atom stereocenters. The molecule has 1 fully saturated rings. The molecule has 0 amide bonds. The van der Waals surface area contributed by atoms with Gasteiger partial charge in [0.05, 0.1) is 12.1 Å². The van der Waals surface area contributed by atoms with Gasteiger partial charge in [0.25, 0.3) is 0 Å². The number of halogens is 3. The molecule has 0 aliphatic heterocycles. The van der Waals surface area contributed by atoms with Crippen molar-refractivity contribution in [2.24, 2.45) is 4.99 Å². The van der Waals surface area contributed by atoms with Gasteiger partial charge in [0.15, 0.2) is 5.96 Å². The molecule has 0 saturated heterocycles. The lowest BCUT2D eigenvalue weighted by Crippen LogP contribution is -2.46. The lowest BCUT2D eigenvalue weighted by molar-refractivity contribution is -0.137. The Bertz CT molecular complexity index is 664. The van der Waals surface area contributed by atoms with Crippen LogP contribution in [0.4, 0.5) is 13.2 Å². The molecule has 1 aliphatic rings. The summed E-state index contributed by atoms with van der Waals surface area (Å²) < 4.78 is 50.6. The molecule has 1 aromatic carbocycles. The SMILES string of the molecule is CCNC(=NCc1cccc(C(F)(F)F)c1)NC1CCCC(S(=O)CC)C1. The quantitative estimate of drug-likeness (QED) is 0.561. The molecular weight excluding hydrogens is 375 g/mol. The number of aliphatic imine (C=N–C) groups is 1. The van der Waals surface area contributed by atoms with Crippen molar-refractivity contribution in [3.63, 3.8) is 0 Å². The number of benzene rings is 1. The number of guanidine groups is 1. The third kappa shape index (κ3) is 6.83. The highest BCUT2D eigenvalue weighted by molar-refractivity contribution is 7.85. The van der Waals surface area contributed by atoms with E-state index in [-0.39, 0.29) is 17.8 Å². The number of nitrogens with zero attached hydrogens (tertiary/aromatic N) is 1. The van der Waals surface area contributed by atoms with E-state index in [0.29, 0.717) is 23.8 Å². The van der Waals surface area contributed by atoms with Crippen LogP contribution in [0.3, 0.4) is 0 Å². The van der Waals surface area contributed by atoms with Gasteiger partial charge in [-0.3, -0.25) is 4.21 Å². The lowest BCUT2D eigenvalue weighted by Gasteiger charge is -2.30. The second-order valence-corrected chi connectivity index (χ2v) is 8.70. The van der Waals surface area contributed by atoms with E-state index in [4.69, 9.17) is 0 Å². The van der Waals surface area contributed by atoms with E-state index in [1.54, 1.807) is 6.07 Å². The van der Waals surface area contributed by atoms with Gasteiger partial charge >= 0.3 is 6.18 Å². The average Bonchev–Trinajstić information content (AvgIpc) is 2.65. The summed E-state index contributed by atoms with van der Waals surface area (Å²) in [7, 11) is -0.804. The van der Waals surface area contributed by atoms with Crippen LogP contribution in [0.25, 0.3) is 0 Å². The minimum absolute atomic E-state index is 0.163. The molecule has 8 heteroatoms. The second-order valence-electron chi connectivity index (χ2n) is 6.69. The molecule has 0 bridgehead atoms. The molecule has 0 aromatic heterocycles. The number of nitrogens with one attached hydrogen (secondary N) is 2. The maximum absolute atomic E-state index is 12.8. The maximum atomic E-state index is 12.8. The Kier molecular flexibility index (Phi) is 8.13. The molecule has 2 N–H and O–H groups in total.